The van der Waals surface area contributed by atoms with E-state index in [-0.39, 0.29) is 12.0 Å². The van der Waals surface area contributed by atoms with Gasteiger partial charge in [0, 0.05) is 22.7 Å². The molecule has 0 aliphatic rings. The van der Waals surface area contributed by atoms with Crippen LogP contribution in [0.25, 0.3) is 0 Å². The van der Waals surface area contributed by atoms with Gasteiger partial charge in [0.2, 0.25) is 0 Å². The number of carbonyl (C=O) groups is 1. The summed E-state index contributed by atoms with van der Waals surface area (Å²) in [5, 5.41) is 0. The second kappa shape index (κ2) is 8.19. The molecule has 1 unspecified atom stereocenters. The molecule has 0 heterocycles. The van der Waals surface area contributed by atoms with E-state index in [2.05, 4.69) is 74.4 Å². The topological polar surface area (TPSA) is 26.3 Å². The van der Waals surface area contributed by atoms with Gasteiger partial charge in [-0.25, -0.2) is 4.79 Å². The Labute approximate surface area is 174 Å². The van der Waals surface area contributed by atoms with Gasteiger partial charge in [-0.05, 0) is 106 Å². The molecule has 23 heavy (non-hydrogen) atoms. The lowest BCUT2D eigenvalue weighted by atomic mass is 9.90. The second-order valence-corrected chi connectivity index (χ2v) is 8.67. The van der Waals surface area contributed by atoms with Crippen LogP contribution in [0.15, 0.2) is 24.3 Å². The van der Waals surface area contributed by atoms with Crippen molar-refractivity contribution in [2.75, 3.05) is 0 Å². The molecule has 0 fully saturated rings. The van der Waals surface area contributed by atoms with Crippen LogP contribution in [0.4, 0.5) is 13.2 Å². The van der Waals surface area contributed by atoms with Gasteiger partial charge < -0.3 is 4.74 Å². The monoisotopic (exact) mass is 664 g/mol. The van der Waals surface area contributed by atoms with Gasteiger partial charge in [-0.3, -0.25) is 0 Å². The highest BCUT2D eigenvalue weighted by molar-refractivity contribution is 14.1. The molecule has 8 heteroatoms. The van der Waals surface area contributed by atoms with Crippen molar-refractivity contribution in [2.45, 2.75) is 38.5 Å². The van der Waals surface area contributed by atoms with E-state index in [1.807, 2.05) is 0 Å². The Bertz CT molecular complexity index is 606. The Morgan fingerprint density at radius 1 is 1.17 bits per heavy atom. The molecule has 0 aliphatic heterocycles. The minimum absolute atomic E-state index is 0.151. The first-order valence-corrected chi connectivity index (χ1v) is 9.70. The van der Waals surface area contributed by atoms with E-state index in [9.17, 15) is 18.0 Å². The fraction of sp³-hybridized carbons (Fsp3) is 0.400. The molecule has 0 radical (unpaired) electrons. The summed E-state index contributed by atoms with van der Waals surface area (Å²) < 4.78 is 46.2. The molecule has 0 bridgehead atoms. The van der Waals surface area contributed by atoms with Crippen LogP contribution in [-0.4, -0.2) is 12.1 Å². The fourth-order valence-corrected chi connectivity index (χ4v) is 3.87. The zero-order valence-electron chi connectivity index (χ0n) is 12.4. The molecule has 0 aliphatic carbocycles. The van der Waals surface area contributed by atoms with Gasteiger partial charge in [-0.15, -0.1) is 0 Å². The number of halogens is 6. The Kier molecular flexibility index (Phi) is 7.64. The van der Waals surface area contributed by atoms with Crippen LogP contribution in [0.2, 0.25) is 0 Å². The van der Waals surface area contributed by atoms with Crippen LogP contribution < -0.4 is 0 Å². The average molecular weight is 664 g/mol. The zero-order valence-corrected chi connectivity index (χ0v) is 18.8. The molecule has 2 nitrogen and oxygen atoms in total. The van der Waals surface area contributed by atoms with Gasteiger partial charge in [-0.2, -0.15) is 13.2 Å². The van der Waals surface area contributed by atoms with Gasteiger partial charge in [0.05, 0.1) is 0 Å². The summed E-state index contributed by atoms with van der Waals surface area (Å²) in [4.78, 5) is 11.9. The van der Waals surface area contributed by atoms with Crippen molar-refractivity contribution < 1.29 is 22.7 Å². The first kappa shape index (κ1) is 21.5. The number of hydrogen-bond donors (Lipinski definition) is 0. The van der Waals surface area contributed by atoms with Crippen LogP contribution >= 0.6 is 67.8 Å². The number of esters is 1. The third kappa shape index (κ3) is 6.33. The molecule has 0 saturated carbocycles. The molecule has 0 saturated heterocycles. The first-order chi connectivity index (χ1) is 10.4. The highest BCUT2D eigenvalue weighted by Crippen LogP contribution is 2.38. The second-order valence-electron chi connectivity index (χ2n) is 5.27. The van der Waals surface area contributed by atoms with E-state index in [4.69, 9.17) is 4.74 Å². The lowest BCUT2D eigenvalue weighted by molar-refractivity contribution is -0.167. The zero-order chi connectivity index (χ0) is 18.0. The molecule has 0 aromatic heterocycles. The molecule has 1 aromatic carbocycles. The maximum atomic E-state index is 12.7. The summed E-state index contributed by atoms with van der Waals surface area (Å²) in [7, 11) is 0. The van der Waals surface area contributed by atoms with Crippen LogP contribution in [-0.2, 0) is 15.1 Å². The maximum absolute atomic E-state index is 12.7. The summed E-state index contributed by atoms with van der Waals surface area (Å²) >= 11 is 6.40. The average Bonchev–Trinajstić information content (AvgIpc) is 2.41. The molecule has 1 aromatic rings. The first-order valence-electron chi connectivity index (χ1n) is 6.46. The van der Waals surface area contributed by atoms with Crippen molar-refractivity contribution in [2.24, 2.45) is 0 Å². The van der Waals surface area contributed by atoms with E-state index < -0.39 is 24.2 Å². The predicted octanol–water partition coefficient (Wildman–Crippen LogP) is 6.18. The van der Waals surface area contributed by atoms with E-state index in [1.54, 1.807) is 12.1 Å². The Morgan fingerprint density at radius 2 is 1.65 bits per heavy atom. The Hall–Kier alpha value is 0.410. The maximum Gasteiger partial charge on any atom is 0.389 e. The molecule has 0 N–H and O–H groups in total. The smallest absolute Gasteiger partial charge is 0.389 e. The van der Waals surface area contributed by atoms with Gasteiger partial charge in [-0.1, -0.05) is 6.58 Å². The standard InChI is InChI=1S/C15H14F3I3O2/c1-8(2)13(22)23-14(3,4-5-15(16,17)18)9-6-10(19)12(21)11(20)7-9/h6-7H,1,4-5H2,2-3H3. The molecule has 1 rings (SSSR count). The van der Waals surface area contributed by atoms with Crippen LogP contribution in [0, 0.1) is 10.7 Å². The number of hydrogen-bond acceptors (Lipinski definition) is 2. The van der Waals surface area contributed by atoms with E-state index in [0.717, 1.165) is 10.7 Å². The van der Waals surface area contributed by atoms with Gasteiger partial charge in [0.1, 0.15) is 5.60 Å². The van der Waals surface area contributed by atoms with Crippen molar-refractivity contribution in [3.63, 3.8) is 0 Å². The molecule has 1 atom stereocenters. The number of rotatable bonds is 5. The largest absolute Gasteiger partial charge is 0.451 e. The number of ether oxygens (including phenoxy) is 1. The molecule has 0 amide bonds. The molecular formula is C15H14F3I3O2. The third-order valence-corrected chi connectivity index (χ3v) is 8.07. The summed E-state index contributed by atoms with van der Waals surface area (Å²) in [6.45, 7) is 6.46. The normalized spacial score (nSPS) is 14.3. The number of benzene rings is 1. The van der Waals surface area contributed by atoms with Gasteiger partial charge in [0.15, 0.2) is 0 Å². The van der Waals surface area contributed by atoms with Crippen LogP contribution in [0.5, 0.6) is 0 Å². The van der Waals surface area contributed by atoms with Crippen molar-refractivity contribution in [3.05, 3.63) is 40.6 Å². The lowest BCUT2D eigenvalue weighted by Crippen LogP contribution is -2.31. The summed E-state index contributed by atoms with van der Waals surface area (Å²) in [5.74, 6) is -0.696. The lowest BCUT2D eigenvalue weighted by Gasteiger charge is -2.31. The van der Waals surface area contributed by atoms with E-state index in [1.165, 1.54) is 13.8 Å². The minimum atomic E-state index is -4.32. The van der Waals surface area contributed by atoms with Gasteiger partial charge >= 0.3 is 12.1 Å². The summed E-state index contributed by atoms with van der Waals surface area (Å²) in [6, 6.07) is 3.51. The fourth-order valence-electron chi connectivity index (χ4n) is 1.79. The number of alkyl halides is 3. The Morgan fingerprint density at radius 3 is 2.04 bits per heavy atom. The third-order valence-electron chi connectivity index (χ3n) is 3.15. The van der Waals surface area contributed by atoms with Gasteiger partial charge in [0.25, 0.3) is 0 Å². The quantitative estimate of drug-likeness (QED) is 0.163. The highest BCUT2D eigenvalue weighted by atomic mass is 127. The van der Waals surface area contributed by atoms with Crippen molar-refractivity contribution in [3.8, 4) is 0 Å². The van der Waals surface area contributed by atoms with E-state index >= 15 is 0 Å². The number of carbonyl (C=O) groups excluding carboxylic acids is 1. The van der Waals surface area contributed by atoms with Crippen LogP contribution in [0.1, 0.15) is 32.3 Å². The molecular weight excluding hydrogens is 650 g/mol. The summed E-state index contributed by atoms with van der Waals surface area (Å²) in [6.07, 6.45) is -5.70. The van der Waals surface area contributed by atoms with Crippen molar-refractivity contribution in [1.29, 1.82) is 0 Å². The van der Waals surface area contributed by atoms with E-state index in [0.29, 0.717) is 5.56 Å². The SMILES string of the molecule is C=C(C)C(=O)OC(C)(CCC(F)(F)F)c1cc(I)c(I)c(I)c1. The predicted molar refractivity (Wildman–Crippen MR) is 108 cm³/mol. The summed E-state index contributed by atoms with van der Waals surface area (Å²) in [5.41, 5.74) is -0.667. The molecule has 0 spiro atoms. The van der Waals surface area contributed by atoms with Crippen molar-refractivity contribution >= 4 is 73.7 Å². The van der Waals surface area contributed by atoms with Crippen LogP contribution in [0.3, 0.4) is 0 Å². The minimum Gasteiger partial charge on any atom is -0.451 e. The highest BCUT2D eigenvalue weighted by Gasteiger charge is 2.38. The Balaban J connectivity index is 3.27. The molecule has 128 valence electrons. The van der Waals surface area contributed by atoms with Crippen molar-refractivity contribution in [1.82, 2.24) is 0 Å².